The Morgan fingerprint density at radius 1 is 1.08 bits per heavy atom. The molecular weight excluding hydrogens is 356 g/mol. The Bertz CT molecular complexity index is 853. The second-order valence-corrected chi connectivity index (χ2v) is 5.35. The van der Waals surface area contributed by atoms with Crippen LogP contribution in [0.4, 0.5) is 11.4 Å². The van der Waals surface area contributed by atoms with Crippen molar-refractivity contribution in [1.82, 2.24) is 9.80 Å². The maximum Gasteiger partial charge on any atom is 0.318 e. The quantitative estimate of drug-likeness (QED) is 0.272. The number of non-ortho nitro benzene ring substituents is 1. The third-order valence-electron chi connectivity index (χ3n) is 3.46. The molecule has 1 aromatic rings. The van der Waals surface area contributed by atoms with Crippen molar-refractivity contribution < 1.29 is 24.5 Å². The van der Waals surface area contributed by atoms with Crippen LogP contribution in [0.25, 0.3) is 6.08 Å². The second-order valence-electron chi connectivity index (χ2n) is 4.99. The molecule has 0 aliphatic carbocycles. The van der Waals surface area contributed by atoms with Crippen LogP contribution < -0.4 is 0 Å². The molecule has 25 heavy (non-hydrogen) atoms. The van der Waals surface area contributed by atoms with Crippen molar-refractivity contribution in [2.24, 2.45) is 0 Å². The minimum Gasteiger partial charge on any atom is -0.502 e. The SMILES string of the molecule is CN1C(=O)C(=Cc2cc([N+](=O)[O-])cc([N+](=O)[O-])c2O)C(=O)N(C)C1=S. The molecule has 0 aromatic heterocycles. The van der Waals surface area contributed by atoms with Crippen LogP contribution in [0.1, 0.15) is 5.56 Å². The molecule has 0 saturated carbocycles. The van der Waals surface area contributed by atoms with E-state index in [0.717, 1.165) is 21.9 Å². The van der Waals surface area contributed by atoms with Gasteiger partial charge in [-0.1, -0.05) is 0 Å². The highest BCUT2D eigenvalue weighted by Gasteiger charge is 2.36. The largest absolute Gasteiger partial charge is 0.502 e. The van der Waals surface area contributed by atoms with Gasteiger partial charge in [-0.15, -0.1) is 0 Å². The van der Waals surface area contributed by atoms with E-state index in [1.54, 1.807) is 0 Å². The average molecular weight is 366 g/mol. The number of nitrogens with zero attached hydrogens (tertiary/aromatic N) is 4. The summed E-state index contributed by atoms with van der Waals surface area (Å²) in [6.07, 6.45) is 0.856. The summed E-state index contributed by atoms with van der Waals surface area (Å²) in [5, 5.41) is 31.8. The van der Waals surface area contributed by atoms with Gasteiger partial charge in [-0.3, -0.25) is 39.6 Å². The highest BCUT2D eigenvalue weighted by atomic mass is 32.1. The first kappa shape index (κ1) is 17.9. The lowest BCUT2D eigenvalue weighted by atomic mass is 10.0. The summed E-state index contributed by atoms with van der Waals surface area (Å²) in [5.41, 5.74) is -2.46. The summed E-state index contributed by atoms with van der Waals surface area (Å²) in [5.74, 6) is -2.51. The first-order chi connectivity index (χ1) is 11.6. The Labute approximate surface area is 145 Å². The van der Waals surface area contributed by atoms with Gasteiger partial charge in [0.15, 0.2) is 5.11 Å². The van der Waals surface area contributed by atoms with Gasteiger partial charge in [0.1, 0.15) is 5.57 Å². The molecule has 1 aliphatic heterocycles. The minimum absolute atomic E-state index is 0.0543. The molecule has 2 amide bonds. The molecule has 0 unspecified atom stereocenters. The highest BCUT2D eigenvalue weighted by molar-refractivity contribution is 7.80. The molecule has 2 rings (SSSR count). The van der Waals surface area contributed by atoms with Gasteiger partial charge in [-0.25, -0.2) is 0 Å². The van der Waals surface area contributed by atoms with E-state index in [-0.39, 0.29) is 5.11 Å². The van der Waals surface area contributed by atoms with Crippen LogP contribution in [-0.4, -0.2) is 55.8 Å². The monoisotopic (exact) mass is 366 g/mol. The van der Waals surface area contributed by atoms with Crippen LogP contribution in [-0.2, 0) is 9.59 Å². The van der Waals surface area contributed by atoms with Gasteiger partial charge in [0.2, 0.25) is 5.75 Å². The first-order valence-corrected chi connectivity index (χ1v) is 6.94. The van der Waals surface area contributed by atoms with Crippen LogP contribution in [0.15, 0.2) is 17.7 Å². The Hall–Kier alpha value is -3.41. The van der Waals surface area contributed by atoms with E-state index in [4.69, 9.17) is 12.2 Å². The summed E-state index contributed by atoms with van der Waals surface area (Å²) < 4.78 is 0. The standard InChI is InChI=1S/C13H10N4O7S/c1-14-11(19)8(12(20)15(2)13(14)25)4-6-3-7(16(21)22)5-9(10(6)18)17(23)24/h3-5,18H,1-2H3. The van der Waals surface area contributed by atoms with Crippen molar-refractivity contribution in [2.75, 3.05) is 14.1 Å². The molecular formula is C13H10N4O7S. The summed E-state index contributed by atoms with van der Waals surface area (Å²) in [6, 6.07) is 1.40. The van der Waals surface area contributed by atoms with E-state index in [0.29, 0.717) is 6.07 Å². The van der Waals surface area contributed by atoms with Crippen LogP contribution in [0, 0.1) is 20.2 Å². The van der Waals surface area contributed by atoms with E-state index in [2.05, 4.69) is 0 Å². The van der Waals surface area contributed by atoms with E-state index in [9.17, 15) is 34.9 Å². The Kier molecular flexibility index (Phi) is 4.48. The maximum absolute atomic E-state index is 12.2. The van der Waals surface area contributed by atoms with Crippen molar-refractivity contribution in [1.29, 1.82) is 0 Å². The number of amides is 2. The molecule has 1 saturated heterocycles. The fraction of sp³-hybridized carbons (Fsp3) is 0.154. The Balaban J connectivity index is 2.69. The number of rotatable bonds is 3. The lowest BCUT2D eigenvalue weighted by Crippen LogP contribution is -2.52. The number of aromatic hydroxyl groups is 1. The fourth-order valence-electron chi connectivity index (χ4n) is 2.11. The summed E-state index contributed by atoms with van der Waals surface area (Å²) >= 11 is 4.91. The highest BCUT2D eigenvalue weighted by Crippen LogP contribution is 2.36. The number of thiocarbonyl (C=S) groups is 1. The van der Waals surface area contributed by atoms with Gasteiger partial charge in [-0.2, -0.15) is 0 Å². The van der Waals surface area contributed by atoms with E-state index < -0.39 is 49.9 Å². The van der Waals surface area contributed by atoms with Gasteiger partial charge in [-0.05, 0) is 18.3 Å². The molecule has 1 N–H and O–H groups in total. The number of nitro groups is 2. The van der Waals surface area contributed by atoms with Crippen molar-refractivity contribution in [2.45, 2.75) is 0 Å². The smallest absolute Gasteiger partial charge is 0.318 e. The average Bonchev–Trinajstić information content (AvgIpc) is 2.55. The molecule has 0 radical (unpaired) electrons. The van der Waals surface area contributed by atoms with Gasteiger partial charge in [0.25, 0.3) is 17.5 Å². The predicted octanol–water partition coefficient (Wildman–Crippen LogP) is 0.807. The number of carbonyl (C=O) groups excluding carboxylic acids is 2. The van der Waals surface area contributed by atoms with E-state index in [1.165, 1.54) is 14.1 Å². The second kappa shape index (κ2) is 6.24. The lowest BCUT2D eigenvalue weighted by molar-refractivity contribution is -0.394. The molecule has 0 spiro atoms. The first-order valence-electron chi connectivity index (χ1n) is 6.53. The number of hydrogen-bond acceptors (Lipinski definition) is 8. The van der Waals surface area contributed by atoms with Crippen molar-refractivity contribution in [3.8, 4) is 5.75 Å². The Morgan fingerprint density at radius 2 is 1.60 bits per heavy atom. The number of phenols is 1. The van der Waals surface area contributed by atoms with Crippen LogP contribution >= 0.6 is 12.2 Å². The van der Waals surface area contributed by atoms with Crippen molar-refractivity contribution in [3.05, 3.63) is 43.5 Å². The number of phenolic OH excluding ortho intramolecular Hbond substituents is 1. The topological polar surface area (TPSA) is 147 Å². The Morgan fingerprint density at radius 3 is 2.04 bits per heavy atom. The molecule has 1 heterocycles. The summed E-state index contributed by atoms with van der Waals surface area (Å²) in [4.78, 5) is 46.4. The minimum atomic E-state index is -1.01. The van der Waals surface area contributed by atoms with Gasteiger partial charge in [0, 0.05) is 25.7 Å². The van der Waals surface area contributed by atoms with Gasteiger partial charge < -0.3 is 5.11 Å². The molecule has 12 heteroatoms. The maximum atomic E-state index is 12.2. The number of likely N-dealkylation sites (N-methyl/N-ethyl adjacent to an activating group) is 2. The van der Waals surface area contributed by atoms with Crippen molar-refractivity contribution >= 4 is 46.6 Å². The molecule has 1 aliphatic rings. The predicted molar refractivity (Wildman–Crippen MR) is 87.5 cm³/mol. The molecule has 0 atom stereocenters. The number of carbonyl (C=O) groups is 2. The van der Waals surface area contributed by atoms with Gasteiger partial charge in [0.05, 0.1) is 15.9 Å². The normalized spacial score (nSPS) is 14.8. The molecule has 1 aromatic carbocycles. The third kappa shape index (κ3) is 3.01. The lowest BCUT2D eigenvalue weighted by Gasteiger charge is -2.31. The zero-order chi connectivity index (χ0) is 19.0. The van der Waals surface area contributed by atoms with Crippen LogP contribution in [0.3, 0.4) is 0 Å². The van der Waals surface area contributed by atoms with Crippen LogP contribution in [0.2, 0.25) is 0 Å². The summed E-state index contributed by atoms with van der Waals surface area (Å²) in [6.45, 7) is 0. The van der Waals surface area contributed by atoms with Crippen LogP contribution in [0.5, 0.6) is 5.75 Å². The molecule has 1 fully saturated rings. The summed E-state index contributed by atoms with van der Waals surface area (Å²) in [7, 11) is 2.63. The van der Waals surface area contributed by atoms with Crippen molar-refractivity contribution in [3.63, 3.8) is 0 Å². The zero-order valence-corrected chi connectivity index (χ0v) is 13.6. The van der Waals surface area contributed by atoms with E-state index in [1.807, 2.05) is 0 Å². The molecule has 130 valence electrons. The number of hydrogen-bond donors (Lipinski definition) is 1. The number of nitro benzene ring substituents is 2. The zero-order valence-electron chi connectivity index (χ0n) is 12.8. The van der Waals surface area contributed by atoms with Gasteiger partial charge >= 0.3 is 5.69 Å². The molecule has 11 nitrogen and oxygen atoms in total. The van der Waals surface area contributed by atoms with E-state index >= 15 is 0 Å². The third-order valence-corrected chi connectivity index (χ3v) is 4.00. The fourth-order valence-corrected chi connectivity index (χ4v) is 2.28. The molecule has 0 bridgehead atoms. The number of benzene rings is 1.